The molecule has 2 N–H and O–H groups in total. The highest BCUT2D eigenvalue weighted by Gasteiger charge is 2.60. The fraction of sp³-hybridized carbons (Fsp3) is 0.917. The van der Waals surface area contributed by atoms with E-state index in [4.69, 9.17) is 0 Å². The van der Waals surface area contributed by atoms with Gasteiger partial charge in [0, 0.05) is 0 Å². The molecule has 0 spiro atoms. The molecule has 3 atom stereocenters. The maximum atomic E-state index is 11.7. The first-order valence-electron chi connectivity index (χ1n) is 5.88. The Morgan fingerprint density at radius 1 is 1.40 bits per heavy atom. The molecule has 1 saturated carbocycles. The Balaban J connectivity index is 2.40. The third-order valence-electron chi connectivity index (χ3n) is 4.38. The van der Waals surface area contributed by atoms with Crippen molar-refractivity contribution in [3.63, 3.8) is 0 Å². The lowest BCUT2D eigenvalue weighted by atomic mass is 9.66. The first-order valence-corrected chi connectivity index (χ1v) is 5.88. The number of carbonyl (C=O) groups is 1. The van der Waals surface area contributed by atoms with E-state index < -0.39 is 11.5 Å². The average Bonchev–Trinajstić information content (AvgIpc) is 2.57. The quantitative estimate of drug-likeness (QED) is 0.696. The Hall–Kier alpha value is -0.570. The van der Waals surface area contributed by atoms with Gasteiger partial charge in [-0.05, 0) is 36.6 Å². The van der Waals surface area contributed by atoms with Gasteiger partial charge in [0.05, 0.1) is 0 Å². The maximum Gasteiger partial charge on any atom is 0.324 e. The smallest absolute Gasteiger partial charge is 0.324 e. The van der Waals surface area contributed by atoms with Crippen LogP contribution in [-0.2, 0) is 4.79 Å². The van der Waals surface area contributed by atoms with E-state index in [9.17, 15) is 9.90 Å². The number of hydrogen-bond donors (Lipinski definition) is 2. The van der Waals surface area contributed by atoms with Crippen molar-refractivity contribution >= 4 is 5.97 Å². The van der Waals surface area contributed by atoms with Crippen molar-refractivity contribution in [2.75, 3.05) is 6.54 Å². The lowest BCUT2D eigenvalue weighted by Crippen LogP contribution is -2.61. The predicted molar refractivity (Wildman–Crippen MR) is 58.7 cm³/mol. The monoisotopic (exact) mass is 211 g/mol. The Morgan fingerprint density at radius 2 is 2.07 bits per heavy atom. The summed E-state index contributed by atoms with van der Waals surface area (Å²) in [5.41, 5.74) is -0.920. The van der Waals surface area contributed by atoms with Crippen LogP contribution in [0, 0.1) is 17.3 Å². The zero-order chi connectivity index (χ0) is 11.3. The molecule has 2 fully saturated rings. The first-order chi connectivity index (χ1) is 6.89. The molecule has 1 aliphatic carbocycles. The van der Waals surface area contributed by atoms with Crippen LogP contribution in [0.5, 0.6) is 0 Å². The molecule has 0 bridgehead atoms. The Labute approximate surface area is 91.2 Å². The molecule has 0 aromatic rings. The molecule has 1 aliphatic heterocycles. The molecule has 86 valence electrons. The number of aliphatic carboxylic acids is 1. The molecule has 3 heteroatoms. The van der Waals surface area contributed by atoms with E-state index in [-0.39, 0.29) is 5.41 Å². The van der Waals surface area contributed by atoms with Crippen molar-refractivity contribution in [1.82, 2.24) is 5.32 Å². The molecule has 1 heterocycles. The van der Waals surface area contributed by atoms with Gasteiger partial charge in [-0.15, -0.1) is 0 Å². The molecule has 0 unspecified atom stereocenters. The molecular weight excluding hydrogens is 190 g/mol. The standard InChI is InChI=1S/C12H21NO2/c1-11(2,3)12(10(14)15)9-6-4-5-8(9)7-13-12/h8-9,13H,4-7H2,1-3H3,(H,14,15)/t8-,9-,12+/m0/s1. The normalized spacial score (nSPS) is 40.5. The van der Waals surface area contributed by atoms with Crippen molar-refractivity contribution in [1.29, 1.82) is 0 Å². The molecule has 0 aromatic carbocycles. The molecule has 3 nitrogen and oxygen atoms in total. The molecular formula is C12H21NO2. The van der Waals surface area contributed by atoms with Crippen molar-refractivity contribution in [3.05, 3.63) is 0 Å². The van der Waals surface area contributed by atoms with Crippen molar-refractivity contribution in [3.8, 4) is 0 Å². The molecule has 2 rings (SSSR count). The van der Waals surface area contributed by atoms with E-state index in [1.165, 1.54) is 12.8 Å². The van der Waals surface area contributed by atoms with Gasteiger partial charge in [-0.25, -0.2) is 0 Å². The Kier molecular flexibility index (Phi) is 2.34. The van der Waals surface area contributed by atoms with E-state index in [1.54, 1.807) is 0 Å². The summed E-state index contributed by atoms with van der Waals surface area (Å²) in [6, 6.07) is 0. The van der Waals surface area contributed by atoms with Crippen LogP contribution in [0.15, 0.2) is 0 Å². The van der Waals surface area contributed by atoms with Crippen molar-refractivity contribution in [2.45, 2.75) is 45.6 Å². The van der Waals surface area contributed by atoms with Crippen LogP contribution in [0.1, 0.15) is 40.0 Å². The van der Waals surface area contributed by atoms with Gasteiger partial charge in [0.15, 0.2) is 0 Å². The van der Waals surface area contributed by atoms with E-state index in [1.807, 2.05) is 20.8 Å². The predicted octanol–water partition coefficient (Wildman–Crippen LogP) is 1.88. The summed E-state index contributed by atoms with van der Waals surface area (Å²) in [5, 5.41) is 12.9. The third kappa shape index (κ3) is 1.32. The van der Waals surface area contributed by atoms with E-state index >= 15 is 0 Å². The maximum absolute atomic E-state index is 11.7. The van der Waals surface area contributed by atoms with Gasteiger partial charge in [0.2, 0.25) is 0 Å². The molecule has 2 aliphatic rings. The van der Waals surface area contributed by atoms with Gasteiger partial charge in [0.25, 0.3) is 0 Å². The van der Waals surface area contributed by atoms with Crippen LogP contribution >= 0.6 is 0 Å². The van der Waals surface area contributed by atoms with E-state index in [0.717, 1.165) is 13.0 Å². The third-order valence-corrected chi connectivity index (χ3v) is 4.38. The second-order valence-corrected chi connectivity index (χ2v) is 6.04. The zero-order valence-electron chi connectivity index (χ0n) is 9.84. The Bertz CT molecular complexity index is 282. The van der Waals surface area contributed by atoms with Crippen LogP contribution in [0.4, 0.5) is 0 Å². The lowest BCUT2D eigenvalue weighted by molar-refractivity contribution is -0.152. The molecule has 1 saturated heterocycles. The van der Waals surface area contributed by atoms with Gasteiger partial charge in [-0.2, -0.15) is 0 Å². The number of carboxylic acid groups (broad SMARTS) is 1. The zero-order valence-corrected chi connectivity index (χ0v) is 9.84. The number of nitrogens with one attached hydrogen (secondary N) is 1. The first kappa shape index (κ1) is 10.9. The number of rotatable bonds is 1. The van der Waals surface area contributed by atoms with Gasteiger partial charge in [0.1, 0.15) is 5.54 Å². The summed E-state index contributed by atoms with van der Waals surface area (Å²) >= 11 is 0. The van der Waals surface area contributed by atoms with Crippen molar-refractivity contribution in [2.24, 2.45) is 17.3 Å². The highest BCUT2D eigenvalue weighted by Crippen LogP contribution is 2.50. The van der Waals surface area contributed by atoms with Gasteiger partial charge >= 0.3 is 5.97 Å². The minimum Gasteiger partial charge on any atom is -0.480 e. The summed E-state index contributed by atoms with van der Waals surface area (Å²) < 4.78 is 0. The topological polar surface area (TPSA) is 49.3 Å². The van der Waals surface area contributed by atoms with Crippen LogP contribution in [0.3, 0.4) is 0 Å². The molecule has 15 heavy (non-hydrogen) atoms. The van der Waals surface area contributed by atoms with E-state index in [2.05, 4.69) is 5.32 Å². The van der Waals surface area contributed by atoms with Crippen molar-refractivity contribution < 1.29 is 9.90 Å². The minimum absolute atomic E-state index is 0.220. The molecule has 0 amide bonds. The second-order valence-electron chi connectivity index (χ2n) is 6.04. The summed E-state index contributed by atoms with van der Waals surface area (Å²) in [5.74, 6) is 0.250. The van der Waals surface area contributed by atoms with Crippen LogP contribution in [-0.4, -0.2) is 23.2 Å². The van der Waals surface area contributed by atoms with Crippen LogP contribution < -0.4 is 5.32 Å². The second kappa shape index (κ2) is 3.21. The SMILES string of the molecule is CC(C)(C)[C@@]1(C(=O)O)NC[C@@H]2CCC[C@@H]21. The van der Waals surface area contributed by atoms with Crippen LogP contribution in [0.2, 0.25) is 0 Å². The summed E-state index contributed by atoms with van der Waals surface area (Å²) in [6.45, 7) is 6.99. The lowest BCUT2D eigenvalue weighted by Gasteiger charge is -2.42. The largest absolute Gasteiger partial charge is 0.480 e. The average molecular weight is 211 g/mol. The Morgan fingerprint density at radius 3 is 2.60 bits per heavy atom. The van der Waals surface area contributed by atoms with Crippen LogP contribution in [0.25, 0.3) is 0 Å². The summed E-state index contributed by atoms with van der Waals surface area (Å²) in [6.07, 6.45) is 3.46. The number of carboxylic acids is 1. The fourth-order valence-corrected chi connectivity index (χ4v) is 3.65. The van der Waals surface area contributed by atoms with Gasteiger partial charge in [-0.1, -0.05) is 27.2 Å². The molecule has 0 radical (unpaired) electrons. The summed E-state index contributed by atoms with van der Waals surface area (Å²) in [4.78, 5) is 11.7. The fourth-order valence-electron chi connectivity index (χ4n) is 3.65. The highest BCUT2D eigenvalue weighted by molar-refractivity contribution is 5.81. The molecule has 0 aromatic heterocycles. The van der Waals surface area contributed by atoms with E-state index in [0.29, 0.717) is 11.8 Å². The number of hydrogen-bond acceptors (Lipinski definition) is 2. The minimum atomic E-state index is -0.700. The summed E-state index contributed by atoms with van der Waals surface area (Å²) in [7, 11) is 0. The van der Waals surface area contributed by atoms with Gasteiger partial charge < -0.3 is 10.4 Å². The highest BCUT2D eigenvalue weighted by atomic mass is 16.4. The van der Waals surface area contributed by atoms with Gasteiger partial charge in [-0.3, -0.25) is 4.79 Å². The number of fused-ring (bicyclic) bond motifs is 1.